The van der Waals surface area contributed by atoms with Crippen LogP contribution in [0.15, 0.2) is 46.9 Å². The average molecular weight is 409 g/mol. The van der Waals surface area contributed by atoms with Crippen molar-refractivity contribution in [1.82, 2.24) is 0 Å². The molecule has 0 spiro atoms. The van der Waals surface area contributed by atoms with Gasteiger partial charge in [-0.2, -0.15) is 0 Å². The van der Waals surface area contributed by atoms with Gasteiger partial charge in [0.05, 0.1) is 23.3 Å². The smallest absolute Gasteiger partial charge is 0.338 e. The highest BCUT2D eigenvalue weighted by atomic mass is 79.9. The zero-order chi connectivity index (χ0) is 18.4. The van der Waals surface area contributed by atoms with E-state index in [2.05, 4.69) is 21.2 Å². The van der Waals surface area contributed by atoms with Crippen molar-refractivity contribution in [3.8, 4) is 5.75 Å². The maximum absolute atomic E-state index is 11.9. The van der Waals surface area contributed by atoms with Crippen LogP contribution in [0.2, 0.25) is 0 Å². The number of amides is 1. The number of anilines is 1. The number of benzene rings is 2. The van der Waals surface area contributed by atoms with Crippen LogP contribution in [0.1, 0.15) is 10.4 Å². The van der Waals surface area contributed by atoms with Crippen LogP contribution in [-0.4, -0.2) is 30.5 Å². The number of nitro groups is 1. The third-order valence-corrected chi connectivity index (χ3v) is 3.61. The summed E-state index contributed by atoms with van der Waals surface area (Å²) < 4.78 is 10.8. The molecule has 0 aromatic heterocycles. The molecule has 2 rings (SSSR count). The predicted octanol–water partition coefficient (Wildman–Crippen LogP) is 3.16. The molecule has 1 amide bonds. The van der Waals surface area contributed by atoms with Crippen LogP contribution in [0, 0.1) is 10.1 Å². The summed E-state index contributed by atoms with van der Waals surface area (Å²) in [5.74, 6) is -1.06. The van der Waals surface area contributed by atoms with Gasteiger partial charge in [-0.3, -0.25) is 14.9 Å². The van der Waals surface area contributed by atoms with Crippen molar-refractivity contribution in [3.05, 3.63) is 62.6 Å². The van der Waals surface area contributed by atoms with Crippen molar-refractivity contribution in [2.45, 2.75) is 0 Å². The number of nitrogens with one attached hydrogen (secondary N) is 1. The maximum atomic E-state index is 11.9. The predicted molar refractivity (Wildman–Crippen MR) is 92.7 cm³/mol. The van der Waals surface area contributed by atoms with Crippen LogP contribution in [0.4, 0.5) is 11.4 Å². The van der Waals surface area contributed by atoms with E-state index < -0.39 is 23.4 Å². The molecule has 0 bridgehead atoms. The second-order valence-electron chi connectivity index (χ2n) is 4.77. The Morgan fingerprint density at radius 3 is 2.48 bits per heavy atom. The lowest BCUT2D eigenvalue weighted by atomic mass is 10.2. The summed E-state index contributed by atoms with van der Waals surface area (Å²) >= 11 is 3.25. The molecule has 0 unspecified atom stereocenters. The van der Waals surface area contributed by atoms with E-state index in [0.29, 0.717) is 5.56 Å². The summed E-state index contributed by atoms with van der Waals surface area (Å²) in [6, 6.07) is 10.2. The van der Waals surface area contributed by atoms with E-state index in [1.165, 1.54) is 19.2 Å². The molecule has 0 aliphatic rings. The van der Waals surface area contributed by atoms with Crippen LogP contribution < -0.4 is 10.1 Å². The molecule has 2 aromatic carbocycles. The number of non-ortho nitro benzene ring substituents is 1. The number of nitro benzene ring substituents is 1. The van der Waals surface area contributed by atoms with Gasteiger partial charge in [0.15, 0.2) is 6.61 Å². The lowest BCUT2D eigenvalue weighted by Gasteiger charge is -2.10. The highest BCUT2D eigenvalue weighted by Crippen LogP contribution is 2.28. The minimum absolute atomic E-state index is 0.112. The first-order valence-corrected chi connectivity index (χ1v) is 7.75. The summed E-state index contributed by atoms with van der Waals surface area (Å²) in [5, 5.41) is 13.2. The molecule has 0 fully saturated rings. The topological polar surface area (TPSA) is 108 Å². The van der Waals surface area contributed by atoms with Gasteiger partial charge in [0.2, 0.25) is 0 Å². The Morgan fingerprint density at radius 1 is 1.20 bits per heavy atom. The molecule has 0 aliphatic heterocycles. The molecule has 0 saturated carbocycles. The number of esters is 1. The van der Waals surface area contributed by atoms with Crippen LogP contribution in [0.25, 0.3) is 0 Å². The van der Waals surface area contributed by atoms with Gasteiger partial charge in [0.25, 0.3) is 11.6 Å². The second kappa shape index (κ2) is 8.25. The van der Waals surface area contributed by atoms with Gasteiger partial charge in [-0.25, -0.2) is 4.79 Å². The largest absolute Gasteiger partial charge is 0.495 e. The highest BCUT2D eigenvalue weighted by molar-refractivity contribution is 9.10. The van der Waals surface area contributed by atoms with Gasteiger partial charge in [-0.15, -0.1) is 0 Å². The van der Waals surface area contributed by atoms with Crippen molar-refractivity contribution in [2.75, 3.05) is 19.0 Å². The Balaban J connectivity index is 2.00. The summed E-state index contributed by atoms with van der Waals surface area (Å²) in [7, 11) is 1.37. The molecule has 0 atom stereocenters. The number of halogens is 1. The number of rotatable bonds is 6. The lowest BCUT2D eigenvalue weighted by Crippen LogP contribution is -2.21. The monoisotopic (exact) mass is 408 g/mol. The van der Waals surface area contributed by atoms with E-state index >= 15 is 0 Å². The van der Waals surface area contributed by atoms with Crippen molar-refractivity contribution in [3.63, 3.8) is 0 Å². The maximum Gasteiger partial charge on any atom is 0.338 e. The van der Waals surface area contributed by atoms with Crippen LogP contribution in [0.5, 0.6) is 5.75 Å². The third kappa shape index (κ3) is 5.01. The average Bonchev–Trinajstić information content (AvgIpc) is 2.60. The number of carbonyl (C=O) groups is 2. The molecule has 2 aromatic rings. The van der Waals surface area contributed by atoms with Crippen molar-refractivity contribution < 1.29 is 24.0 Å². The first-order valence-electron chi connectivity index (χ1n) is 6.95. The molecule has 8 nitrogen and oxygen atoms in total. The summed E-state index contributed by atoms with van der Waals surface area (Å²) in [5.41, 5.74) is 0.202. The third-order valence-electron chi connectivity index (χ3n) is 3.08. The molecule has 0 aliphatic carbocycles. The quantitative estimate of drug-likeness (QED) is 0.446. The number of hydrogen-bond acceptors (Lipinski definition) is 6. The van der Waals surface area contributed by atoms with E-state index in [-0.39, 0.29) is 17.1 Å². The Labute approximate surface area is 151 Å². The minimum Gasteiger partial charge on any atom is -0.495 e. The fourth-order valence-electron chi connectivity index (χ4n) is 1.89. The molecule has 0 heterocycles. The van der Waals surface area contributed by atoms with E-state index in [1.807, 2.05) is 0 Å². The molecular formula is C16H13BrN2O6. The fourth-order valence-corrected chi connectivity index (χ4v) is 2.16. The van der Waals surface area contributed by atoms with Crippen LogP contribution in [-0.2, 0) is 9.53 Å². The minimum atomic E-state index is -0.659. The van der Waals surface area contributed by atoms with E-state index in [4.69, 9.17) is 9.47 Å². The Kier molecular flexibility index (Phi) is 6.07. The Bertz CT molecular complexity index is 807. The fraction of sp³-hybridized carbons (Fsp3) is 0.125. The van der Waals surface area contributed by atoms with E-state index in [1.54, 1.807) is 24.3 Å². The van der Waals surface area contributed by atoms with Gasteiger partial charge >= 0.3 is 5.97 Å². The number of methoxy groups -OCH3 is 1. The zero-order valence-corrected chi connectivity index (χ0v) is 14.6. The number of nitrogens with zero attached hydrogens (tertiary/aromatic N) is 1. The normalized spacial score (nSPS) is 10.0. The standard InChI is InChI=1S/C16H13BrN2O6/c1-24-14-7-6-12(19(22)23)8-13(14)18-15(20)9-25-16(21)10-2-4-11(17)5-3-10/h2-8H,9H2,1H3,(H,18,20). The Hall–Kier alpha value is -2.94. The first-order chi connectivity index (χ1) is 11.9. The first kappa shape index (κ1) is 18.4. The van der Waals surface area contributed by atoms with Gasteiger partial charge in [-0.05, 0) is 30.3 Å². The Morgan fingerprint density at radius 2 is 1.88 bits per heavy atom. The molecule has 0 radical (unpaired) electrons. The second-order valence-corrected chi connectivity index (χ2v) is 5.69. The zero-order valence-electron chi connectivity index (χ0n) is 13.0. The SMILES string of the molecule is COc1ccc([N+](=O)[O-])cc1NC(=O)COC(=O)c1ccc(Br)cc1. The number of carbonyl (C=O) groups excluding carboxylic acids is 2. The lowest BCUT2D eigenvalue weighted by molar-refractivity contribution is -0.384. The van der Waals surface area contributed by atoms with Gasteiger partial charge in [0.1, 0.15) is 5.75 Å². The van der Waals surface area contributed by atoms with Gasteiger partial charge in [0, 0.05) is 16.6 Å². The summed E-state index contributed by atoms with van der Waals surface area (Å²) in [4.78, 5) is 34.0. The number of ether oxygens (including phenoxy) is 2. The van der Waals surface area contributed by atoms with E-state index in [0.717, 1.165) is 10.5 Å². The van der Waals surface area contributed by atoms with Gasteiger partial charge < -0.3 is 14.8 Å². The molecule has 1 N–H and O–H groups in total. The van der Waals surface area contributed by atoms with Crippen LogP contribution >= 0.6 is 15.9 Å². The van der Waals surface area contributed by atoms with Gasteiger partial charge in [-0.1, -0.05) is 15.9 Å². The number of hydrogen-bond donors (Lipinski definition) is 1. The van der Waals surface area contributed by atoms with Crippen molar-refractivity contribution in [2.24, 2.45) is 0 Å². The molecule has 0 saturated heterocycles. The van der Waals surface area contributed by atoms with E-state index in [9.17, 15) is 19.7 Å². The summed E-state index contributed by atoms with van der Waals surface area (Å²) in [6.07, 6.45) is 0. The summed E-state index contributed by atoms with van der Waals surface area (Å²) in [6.45, 7) is -0.541. The molecule has 130 valence electrons. The molecular weight excluding hydrogens is 396 g/mol. The van der Waals surface area contributed by atoms with Crippen molar-refractivity contribution in [1.29, 1.82) is 0 Å². The highest BCUT2D eigenvalue weighted by Gasteiger charge is 2.15. The van der Waals surface area contributed by atoms with Crippen molar-refractivity contribution >= 4 is 39.2 Å². The molecule has 9 heteroatoms. The van der Waals surface area contributed by atoms with Crippen LogP contribution in [0.3, 0.4) is 0 Å². The molecule has 25 heavy (non-hydrogen) atoms.